The van der Waals surface area contributed by atoms with Gasteiger partial charge < -0.3 is 16.0 Å². The Kier molecular flexibility index (Phi) is 2.48. The largest absolute Gasteiger partial charge is 0.331 e. The molecule has 2 aliphatic rings. The standard InChI is InChI=1S/C12H14FN3O/c13-9-3-1-2-8-10(7-4-5-14-6-7)15-12(17)16-11(8)9/h1-3,7,10,14H,4-6H2,(H2,15,16,17). The summed E-state index contributed by atoms with van der Waals surface area (Å²) in [7, 11) is 0. The molecule has 4 nitrogen and oxygen atoms in total. The number of nitrogens with one attached hydrogen (secondary N) is 3. The molecule has 0 spiro atoms. The number of carbonyl (C=O) groups is 1. The SMILES string of the molecule is O=C1Nc2c(F)cccc2C(C2CCNC2)N1. The number of benzene rings is 1. The minimum atomic E-state index is -0.367. The number of carbonyl (C=O) groups excluding carboxylic acids is 1. The highest BCUT2D eigenvalue weighted by Crippen LogP contribution is 2.35. The summed E-state index contributed by atoms with van der Waals surface area (Å²) in [6, 6.07) is 4.51. The molecule has 2 heterocycles. The Bertz CT molecular complexity index is 457. The van der Waals surface area contributed by atoms with Gasteiger partial charge in [-0.25, -0.2) is 9.18 Å². The normalized spacial score (nSPS) is 27.2. The Hall–Kier alpha value is -1.62. The fourth-order valence-electron chi connectivity index (χ4n) is 2.63. The Morgan fingerprint density at radius 2 is 2.24 bits per heavy atom. The lowest BCUT2D eigenvalue weighted by Gasteiger charge is -2.31. The summed E-state index contributed by atoms with van der Waals surface area (Å²) in [6.45, 7) is 1.82. The monoisotopic (exact) mass is 235 g/mol. The van der Waals surface area contributed by atoms with Crippen molar-refractivity contribution in [2.45, 2.75) is 12.5 Å². The van der Waals surface area contributed by atoms with Gasteiger partial charge in [-0.15, -0.1) is 0 Å². The molecular formula is C12H14FN3O. The second-order valence-electron chi connectivity index (χ2n) is 4.53. The Morgan fingerprint density at radius 1 is 1.35 bits per heavy atom. The summed E-state index contributed by atoms with van der Waals surface area (Å²) in [5.74, 6) is -0.0325. The smallest absolute Gasteiger partial charge is 0.319 e. The van der Waals surface area contributed by atoms with Gasteiger partial charge in [0.1, 0.15) is 5.82 Å². The van der Waals surface area contributed by atoms with Crippen molar-refractivity contribution in [2.24, 2.45) is 5.92 Å². The predicted molar refractivity (Wildman–Crippen MR) is 62.3 cm³/mol. The van der Waals surface area contributed by atoms with Crippen LogP contribution in [0.15, 0.2) is 18.2 Å². The summed E-state index contributed by atoms with van der Waals surface area (Å²) < 4.78 is 13.6. The molecule has 2 amide bonds. The summed E-state index contributed by atoms with van der Waals surface area (Å²) in [6.07, 6.45) is 1.00. The minimum Gasteiger partial charge on any atom is -0.331 e. The van der Waals surface area contributed by atoms with Crippen LogP contribution in [0.5, 0.6) is 0 Å². The Labute approximate surface area is 98.6 Å². The van der Waals surface area contributed by atoms with Gasteiger partial charge in [0, 0.05) is 12.1 Å². The lowest BCUT2D eigenvalue weighted by Crippen LogP contribution is -2.42. The molecule has 2 atom stereocenters. The van der Waals surface area contributed by atoms with E-state index < -0.39 is 0 Å². The number of hydrogen-bond acceptors (Lipinski definition) is 2. The first-order valence-electron chi connectivity index (χ1n) is 5.82. The first kappa shape index (κ1) is 10.5. The van der Waals surface area contributed by atoms with Gasteiger partial charge in [0.05, 0.1) is 11.7 Å². The Morgan fingerprint density at radius 3 is 3.00 bits per heavy atom. The van der Waals surface area contributed by atoms with Crippen LogP contribution in [0.3, 0.4) is 0 Å². The second-order valence-corrected chi connectivity index (χ2v) is 4.53. The van der Waals surface area contributed by atoms with E-state index in [1.54, 1.807) is 6.07 Å². The molecule has 2 aliphatic heterocycles. The molecule has 1 fully saturated rings. The molecule has 0 bridgehead atoms. The number of anilines is 1. The highest BCUT2D eigenvalue weighted by molar-refractivity contribution is 5.93. The third-order valence-electron chi connectivity index (χ3n) is 3.48. The number of rotatable bonds is 1. The van der Waals surface area contributed by atoms with Crippen LogP contribution in [0.25, 0.3) is 0 Å². The molecule has 5 heteroatoms. The van der Waals surface area contributed by atoms with E-state index in [9.17, 15) is 9.18 Å². The topological polar surface area (TPSA) is 53.2 Å². The van der Waals surface area contributed by atoms with Gasteiger partial charge in [-0.3, -0.25) is 0 Å². The van der Waals surface area contributed by atoms with E-state index in [1.165, 1.54) is 6.07 Å². The highest BCUT2D eigenvalue weighted by atomic mass is 19.1. The number of halogens is 1. The maximum atomic E-state index is 13.6. The number of para-hydroxylation sites is 1. The van der Waals surface area contributed by atoms with Crippen LogP contribution < -0.4 is 16.0 Å². The third-order valence-corrected chi connectivity index (χ3v) is 3.48. The molecule has 3 N–H and O–H groups in total. The van der Waals surface area contributed by atoms with Crippen molar-refractivity contribution >= 4 is 11.7 Å². The lowest BCUT2D eigenvalue weighted by atomic mass is 9.90. The predicted octanol–water partition coefficient (Wildman–Crippen LogP) is 1.61. The van der Waals surface area contributed by atoms with Crippen molar-refractivity contribution in [3.8, 4) is 0 Å². The zero-order valence-corrected chi connectivity index (χ0v) is 9.29. The van der Waals surface area contributed by atoms with Crippen LogP contribution in [0.1, 0.15) is 18.0 Å². The van der Waals surface area contributed by atoms with Gasteiger partial charge in [-0.05, 0) is 24.9 Å². The molecule has 0 radical (unpaired) electrons. The van der Waals surface area contributed by atoms with E-state index >= 15 is 0 Å². The fourth-order valence-corrected chi connectivity index (χ4v) is 2.63. The molecule has 1 saturated heterocycles. The maximum absolute atomic E-state index is 13.6. The van der Waals surface area contributed by atoms with E-state index in [1.807, 2.05) is 6.07 Å². The van der Waals surface area contributed by atoms with Gasteiger partial charge in [0.2, 0.25) is 0 Å². The molecule has 1 aromatic rings. The van der Waals surface area contributed by atoms with Crippen LogP contribution in [0.2, 0.25) is 0 Å². The molecule has 90 valence electrons. The van der Waals surface area contributed by atoms with Crippen molar-refractivity contribution < 1.29 is 9.18 Å². The number of urea groups is 1. The first-order chi connectivity index (χ1) is 8.25. The zero-order valence-electron chi connectivity index (χ0n) is 9.29. The molecule has 17 heavy (non-hydrogen) atoms. The molecule has 2 unspecified atom stereocenters. The average Bonchev–Trinajstić information content (AvgIpc) is 2.83. The molecule has 0 saturated carbocycles. The van der Waals surface area contributed by atoms with Crippen molar-refractivity contribution in [3.63, 3.8) is 0 Å². The van der Waals surface area contributed by atoms with Crippen LogP contribution in [-0.4, -0.2) is 19.1 Å². The van der Waals surface area contributed by atoms with Crippen molar-refractivity contribution in [2.75, 3.05) is 18.4 Å². The quantitative estimate of drug-likeness (QED) is 0.692. The second kappa shape index (κ2) is 4.00. The van der Waals surface area contributed by atoms with E-state index in [0.717, 1.165) is 25.1 Å². The molecule has 3 rings (SSSR count). The molecule has 0 aliphatic carbocycles. The highest BCUT2D eigenvalue weighted by Gasteiger charge is 2.33. The maximum Gasteiger partial charge on any atom is 0.319 e. The molecular weight excluding hydrogens is 221 g/mol. The van der Waals surface area contributed by atoms with Gasteiger partial charge in [0.25, 0.3) is 0 Å². The van der Waals surface area contributed by atoms with Gasteiger partial charge >= 0.3 is 6.03 Å². The number of amides is 2. The van der Waals surface area contributed by atoms with Crippen molar-refractivity contribution in [3.05, 3.63) is 29.6 Å². The lowest BCUT2D eigenvalue weighted by molar-refractivity contribution is 0.241. The summed E-state index contributed by atoms with van der Waals surface area (Å²) >= 11 is 0. The van der Waals surface area contributed by atoms with E-state index in [-0.39, 0.29) is 17.9 Å². The van der Waals surface area contributed by atoms with Gasteiger partial charge in [0.15, 0.2) is 0 Å². The zero-order chi connectivity index (χ0) is 11.8. The van der Waals surface area contributed by atoms with E-state index in [4.69, 9.17) is 0 Å². The minimum absolute atomic E-state index is 0.0931. The van der Waals surface area contributed by atoms with E-state index in [2.05, 4.69) is 16.0 Å². The van der Waals surface area contributed by atoms with E-state index in [0.29, 0.717) is 11.6 Å². The Balaban J connectivity index is 2.01. The average molecular weight is 235 g/mol. The number of hydrogen-bond donors (Lipinski definition) is 3. The van der Waals surface area contributed by atoms with Gasteiger partial charge in [-0.1, -0.05) is 12.1 Å². The fraction of sp³-hybridized carbons (Fsp3) is 0.417. The first-order valence-corrected chi connectivity index (χ1v) is 5.82. The van der Waals surface area contributed by atoms with Gasteiger partial charge in [-0.2, -0.15) is 0 Å². The molecule has 0 aromatic heterocycles. The number of fused-ring (bicyclic) bond motifs is 1. The third kappa shape index (κ3) is 1.76. The molecule has 1 aromatic carbocycles. The summed E-state index contributed by atoms with van der Waals surface area (Å²) in [5, 5.41) is 8.69. The van der Waals surface area contributed by atoms with Crippen LogP contribution in [-0.2, 0) is 0 Å². The van der Waals surface area contributed by atoms with Crippen LogP contribution in [0, 0.1) is 11.7 Å². The summed E-state index contributed by atoms with van der Waals surface area (Å²) in [4.78, 5) is 11.5. The van der Waals surface area contributed by atoms with Crippen molar-refractivity contribution in [1.82, 2.24) is 10.6 Å². The van der Waals surface area contributed by atoms with Crippen LogP contribution in [0.4, 0.5) is 14.9 Å². The summed E-state index contributed by atoms with van der Waals surface area (Å²) in [5.41, 5.74) is 1.17. The van der Waals surface area contributed by atoms with Crippen LogP contribution >= 0.6 is 0 Å². The van der Waals surface area contributed by atoms with Crippen molar-refractivity contribution in [1.29, 1.82) is 0 Å².